The number of para-hydroxylation sites is 3. The van der Waals surface area contributed by atoms with Gasteiger partial charge in [-0.3, -0.25) is 0 Å². The van der Waals surface area contributed by atoms with Crippen LogP contribution in [0.25, 0.3) is 88.4 Å². The molecule has 9 aromatic carbocycles. The Kier molecular flexibility index (Phi) is 7.58. The monoisotopic (exact) mass is 769 g/mol. The van der Waals surface area contributed by atoms with E-state index in [0.29, 0.717) is 0 Å². The maximum atomic E-state index is 6.61. The van der Waals surface area contributed by atoms with Crippen LogP contribution in [-0.4, -0.2) is 0 Å². The van der Waals surface area contributed by atoms with Gasteiger partial charge in [-0.05, 0) is 99.1 Å². The van der Waals surface area contributed by atoms with Gasteiger partial charge in [0.2, 0.25) is 0 Å². The molecule has 0 saturated heterocycles. The number of benzene rings is 9. The molecule has 0 atom stereocenters. The number of fused-ring (bicyclic) bond motifs is 9. The van der Waals surface area contributed by atoms with Gasteiger partial charge in [-0.25, -0.2) is 0 Å². The Hall–Kier alpha value is -7.62. The van der Waals surface area contributed by atoms with Gasteiger partial charge in [-0.2, -0.15) is 0 Å². The second kappa shape index (κ2) is 13.2. The summed E-state index contributed by atoms with van der Waals surface area (Å²) in [5.41, 5.74) is 18.6. The molecule has 0 bridgehead atoms. The standard InChI is InChI=1S/C57H39NO2/c1-57(2)47-20-10-6-17-42(47)43-31-29-40(35-48(43)57)58(49-21-11-7-16-41(49)39-28-30-45-44-18-8-12-22-51(44)60-54(45)34-39)50-32-33-53-56(46-19-9-13-23-52(46)59-53)55(50)38-26-24-37(25-27-38)36-14-4-3-5-15-36/h3-35H,1-2H3. The summed E-state index contributed by atoms with van der Waals surface area (Å²) in [6.07, 6.45) is 0. The molecular weight excluding hydrogens is 731 g/mol. The van der Waals surface area contributed by atoms with E-state index in [0.717, 1.165) is 83.2 Å². The second-order valence-electron chi connectivity index (χ2n) is 16.4. The zero-order chi connectivity index (χ0) is 40.0. The van der Waals surface area contributed by atoms with E-state index < -0.39 is 0 Å². The van der Waals surface area contributed by atoms with E-state index in [1.54, 1.807) is 0 Å². The Labute approximate surface area is 348 Å². The van der Waals surface area contributed by atoms with Crippen molar-refractivity contribution in [2.45, 2.75) is 19.3 Å². The molecule has 0 unspecified atom stereocenters. The number of hydrogen-bond donors (Lipinski definition) is 0. The molecule has 0 saturated carbocycles. The van der Waals surface area contributed by atoms with Crippen molar-refractivity contribution in [2.75, 3.05) is 4.90 Å². The molecule has 0 fully saturated rings. The summed E-state index contributed by atoms with van der Waals surface area (Å²) in [5.74, 6) is 0. The summed E-state index contributed by atoms with van der Waals surface area (Å²) < 4.78 is 13.1. The Morgan fingerprint density at radius 1 is 0.367 bits per heavy atom. The van der Waals surface area contributed by atoms with Crippen LogP contribution < -0.4 is 4.90 Å². The molecule has 0 aliphatic heterocycles. The largest absolute Gasteiger partial charge is 0.456 e. The van der Waals surface area contributed by atoms with E-state index in [9.17, 15) is 0 Å². The van der Waals surface area contributed by atoms with Crippen LogP contribution in [0.2, 0.25) is 0 Å². The fraction of sp³-hybridized carbons (Fsp3) is 0.0526. The summed E-state index contributed by atoms with van der Waals surface area (Å²) in [6, 6.07) is 72.0. The topological polar surface area (TPSA) is 29.5 Å². The second-order valence-corrected chi connectivity index (χ2v) is 16.4. The van der Waals surface area contributed by atoms with E-state index in [4.69, 9.17) is 8.83 Å². The van der Waals surface area contributed by atoms with Gasteiger partial charge in [0, 0.05) is 43.8 Å². The van der Waals surface area contributed by atoms with Crippen molar-refractivity contribution in [3.05, 3.63) is 211 Å². The van der Waals surface area contributed by atoms with Gasteiger partial charge in [0.1, 0.15) is 22.3 Å². The number of anilines is 3. The summed E-state index contributed by atoms with van der Waals surface area (Å²) >= 11 is 0. The maximum Gasteiger partial charge on any atom is 0.136 e. The van der Waals surface area contributed by atoms with Crippen molar-refractivity contribution in [2.24, 2.45) is 0 Å². The Morgan fingerprint density at radius 2 is 0.967 bits per heavy atom. The average Bonchev–Trinajstić information content (AvgIpc) is 3.94. The number of furan rings is 2. The predicted octanol–water partition coefficient (Wildman–Crippen LogP) is 16.3. The first-order valence-corrected chi connectivity index (χ1v) is 20.7. The van der Waals surface area contributed by atoms with Crippen LogP contribution in [0, 0.1) is 0 Å². The van der Waals surface area contributed by atoms with Crippen molar-refractivity contribution in [1.29, 1.82) is 0 Å². The fourth-order valence-electron chi connectivity index (χ4n) is 9.79. The first kappa shape index (κ1) is 34.4. The van der Waals surface area contributed by atoms with Crippen LogP contribution in [-0.2, 0) is 5.41 Å². The summed E-state index contributed by atoms with van der Waals surface area (Å²) in [7, 11) is 0. The molecule has 2 heterocycles. The molecule has 284 valence electrons. The molecule has 0 amide bonds. The highest BCUT2D eigenvalue weighted by atomic mass is 16.3. The van der Waals surface area contributed by atoms with E-state index >= 15 is 0 Å². The molecule has 3 nitrogen and oxygen atoms in total. The van der Waals surface area contributed by atoms with E-state index in [1.165, 1.54) is 33.4 Å². The Morgan fingerprint density at radius 3 is 1.80 bits per heavy atom. The van der Waals surface area contributed by atoms with Gasteiger partial charge < -0.3 is 13.7 Å². The molecule has 1 aliphatic rings. The van der Waals surface area contributed by atoms with Crippen molar-refractivity contribution >= 4 is 60.9 Å². The summed E-state index contributed by atoms with van der Waals surface area (Å²) in [6.45, 7) is 4.71. The van der Waals surface area contributed by atoms with Gasteiger partial charge >= 0.3 is 0 Å². The van der Waals surface area contributed by atoms with Gasteiger partial charge in [0.15, 0.2) is 0 Å². The Bertz CT molecular complexity index is 3460. The van der Waals surface area contributed by atoms with Crippen LogP contribution in [0.15, 0.2) is 209 Å². The maximum absolute atomic E-state index is 6.61. The van der Waals surface area contributed by atoms with Crippen molar-refractivity contribution in [3.63, 3.8) is 0 Å². The average molecular weight is 770 g/mol. The molecule has 0 radical (unpaired) electrons. The summed E-state index contributed by atoms with van der Waals surface area (Å²) in [4.78, 5) is 2.47. The lowest BCUT2D eigenvalue weighted by Gasteiger charge is -2.31. The highest BCUT2D eigenvalue weighted by Gasteiger charge is 2.36. The van der Waals surface area contributed by atoms with E-state index in [1.807, 2.05) is 18.2 Å². The Balaban J connectivity index is 1.14. The zero-order valence-corrected chi connectivity index (χ0v) is 33.3. The lowest BCUT2D eigenvalue weighted by atomic mass is 9.82. The van der Waals surface area contributed by atoms with Crippen LogP contribution >= 0.6 is 0 Å². The predicted molar refractivity (Wildman–Crippen MR) is 250 cm³/mol. The molecule has 0 spiro atoms. The quantitative estimate of drug-likeness (QED) is 0.169. The third-order valence-electron chi connectivity index (χ3n) is 12.7. The van der Waals surface area contributed by atoms with Crippen LogP contribution in [0.4, 0.5) is 17.1 Å². The summed E-state index contributed by atoms with van der Waals surface area (Å²) in [5, 5.41) is 4.42. The van der Waals surface area contributed by atoms with Crippen molar-refractivity contribution < 1.29 is 8.83 Å². The normalized spacial score (nSPS) is 13.0. The van der Waals surface area contributed by atoms with Gasteiger partial charge in [0.25, 0.3) is 0 Å². The highest BCUT2D eigenvalue weighted by molar-refractivity contribution is 6.17. The zero-order valence-electron chi connectivity index (χ0n) is 33.3. The van der Waals surface area contributed by atoms with Crippen molar-refractivity contribution in [3.8, 4) is 44.5 Å². The lowest BCUT2D eigenvalue weighted by molar-refractivity contribution is 0.660. The molecule has 2 aromatic heterocycles. The number of hydrogen-bond acceptors (Lipinski definition) is 3. The smallest absolute Gasteiger partial charge is 0.136 e. The first-order chi connectivity index (χ1) is 29.5. The number of nitrogens with zero attached hydrogens (tertiary/aromatic N) is 1. The number of rotatable bonds is 6. The molecule has 11 aromatic rings. The fourth-order valence-corrected chi connectivity index (χ4v) is 9.79. The molecule has 60 heavy (non-hydrogen) atoms. The van der Waals surface area contributed by atoms with E-state index in [-0.39, 0.29) is 5.41 Å². The lowest BCUT2D eigenvalue weighted by Crippen LogP contribution is -2.17. The minimum Gasteiger partial charge on any atom is -0.456 e. The van der Waals surface area contributed by atoms with Gasteiger partial charge in [-0.15, -0.1) is 0 Å². The third kappa shape index (κ3) is 5.22. The molecule has 0 N–H and O–H groups in total. The molecular formula is C57H39NO2. The minimum atomic E-state index is -0.180. The van der Waals surface area contributed by atoms with Gasteiger partial charge in [0.05, 0.1) is 11.4 Å². The van der Waals surface area contributed by atoms with Crippen LogP contribution in [0.1, 0.15) is 25.0 Å². The first-order valence-electron chi connectivity index (χ1n) is 20.7. The van der Waals surface area contributed by atoms with Crippen molar-refractivity contribution in [1.82, 2.24) is 0 Å². The molecule has 3 heteroatoms. The third-order valence-corrected chi connectivity index (χ3v) is 12.7. The molecule has 1 aliphatic carbocycles. The van der Waals surface area contributed by atoms with Crippen LogP contribution in [0.5, 0.6) is 0 Å². The van der Waals surface area contributed by atoms with Gasteiger partial charge in [-0.1, -0.05) is 159 Å². The van der Waals surface area contributed by atoms with Crippen LogP contribution in [0.3, 0.4) is 0 Å². The molecule has 12 rings (SSSR count). The highest BCUT2D eigenvalue weighted by Crippen LogP contribution is 2.53. The SMILES string of the molecule is CC1(C)c2ccccc2-c2ccc(N(c3ccccc3-c3ccc4c(c3)oc3ccccc34)c3ccc4oc5ccccc5c4c3-c3ccc(-c4ccccc4)cc3)cc21. The van der Waals surface area contributed by atoms with E-state index in [2.05, 4.69) is 201 Å². The minimum absolute atomic E-state index is 0.180.